The Morgan fingerprint density at radius 2 is 1.87 bits per heavy atom. The van der Waals surface area contributed by atoms with Crippen LogP contribution in [0.4, 0.5) is 13.2 Å². The van der Waals surface area contributed by atoms with Crippen LogP contribution in [0.25, 0.3) is 11.4 Å². The summed E-state index contributed by atoms with van der Waals surface area (Å²) in [4.78, 5) is 11.0. The highest BCUT2D eigenvalue weighted by Crippen LogP contribution is 2.37. The van der Waals surface area contributed by atoms with Gasteiger partial charge in [-0.15, -0.1) is 0 Å². The number of alkyl halides is 3. The Balaban J connectivity index is 1.49. The molecule has 0 spiro atoms. The molecule has 4 rings (SSSR count). The van der Waals surface area contributed by atoms with Gasteiger partial charge in [-0.3, -0.25) is 4.90 Å². The first-order chi connectivity index (χ1) is 14.7. The van der Waals surface area contributed by atoms with E-state index < -0.39 is 11.7 Å². The second-order valence-corrected chi connectivity index (χ2v) is 7.37. The fourth-order valence-electron chi connectivity index (χ4n) is 3.61. The van der Waals surface area contributed by atoms with E-state index >= 15 is 0 Å². The third kappa shape index (κ3) is 4.41. The molecule has 0 saturated heterocycles. The van der Waals surface area contributed by atoms with Crippen LogP contribution in [0.2, 0.25) is 0 Å². The van der Waals surface area contributed by atoms with Crippen LogP contribution in [-0.4, -0.2) is 38.7 Å². The van der Waals surface area contributed by atoms with Crippen LogP contribution >= 0.6 is 0 Å². The smallest absolute Gasteiger partial charge is 0.416 e. The Morgan fingerprint density at radius 3 is 2.55 bits per heavy atom. The minimum absolute atomic E-state index is 0.205. The SMILES string of the molecule is COc1cc(CN2CCc3nc(-c4ccc(C(F)(F)F)cc4)ncc3C2)cc(O)c1O. The number of aromatic hydroxyl groups is 2. The number of rotatable bonds is 4. The van der Waals surface area contributed by atoms with Crippen molar-refractivity contribution in [1.82, 2.24) is 14.9 Å². The summed E-state index contributed by atoms with van der Waals surface area (Å²) in [7, 11) is 1.42. The van der Waals surface area contributed by atoms with Crippen LogP contribution in [0.3, 0.4) is 0 Å². The van der Waals surface area contributed by atoms with Crippen molar-refractivity contribution in [3.63, 3.8) is 0 Å². The number of hydrogen-bond donors (Lipinski definition) is 2. The molecule has 0 radical (unpaired) electrons. The van der Waals surface area contributed by atoms with Crippen molar-refractivity contribution < 1.29 is 28.1 Å². The van der Waals surface area contributed by atoms with Gasteiger partial charge in [0, 0.05) is 43.4 Å². The van der Waals surface area contributed by atoms with Crippen LogP contribution in [0.15, 0.2) is 42.6 Å². The molecule has 1 aliphatic heterocycles. The molecule has 9 heteroatoms. The molecule has 6 nitrogen and oxygen atoms in total. The predicted molar refractivity (Wildman–Crippen MR) is 107 cm³/mol. The summed E-state index contributed by atoms with van der Waals surface area (Å²) in [6.07, 6.45) is -2.01. The van der Waals surface area contributed by atoms with Gasteiger partial charge in [-0.1, -0.05) is 12.1 Å². The number of halogens is 3. The summed E-state index contributed by atoms with van der Waals surface area (Å²) < 4.78 is 43.3. The van der Waals surface area contributed by atoms with Gasteiger partial charge in [0.1, 0.15) is 0 Å². The van der Waals surface area contributed by atoms with Gasteiger partial charge in [-0.2, -0.15) is 13.2 Å². The molecule has 2 aromatic carbocycles. The lowest BCUT2D eigenvalue weighted by atomic mass is 10.0. The highest BCUT2D eigenvalue weighted by atomic mass is 19.4. The molecule has 2 heterocycles. The van der Waals surface area contributed by atoms with Gasteiger partial charge >= 0.3 is 6.18 Å². The Bertz CT molecular complexity index is 1100. The van der Waals surface area contributed by atoms with Gasteiger partial charge in [0.25, 0.3) is 0 Å². The second-order valence-electron chi connectivity index (χ2n) is 7.37. The number of phenolic OH excluding ortho intramolecular Hbond substituents is 2. The maximum Gasteiger partial charge on any atom is 0.416 e. The quantitative estimate of drug-likeness (QED) is 0.605. The average molecular weight is 431 g/mol. The monoisotopic (exact) mass is 431 g/mol. The van der Waals surface area contributed by atoms with E-state index in [0.717, 1.165) is 29.0 Å². The first-order valence-corrected chi connectivity index (χ1v) is 9.58. The molecule has 162 valence electrons. The molecule has 2 N–H and O–H groups in total. The van der Waals surface area contributed by atoms with Crippen molar-refractivity contribution in [2.45, 2.75) is 25.7 Å². The Morgan fingerprint density at radius 1 is 1.13 bits per heavy atom. The van der Waals surface area contributed by atoms with Gasteiger partial charge in [0.05, 0.1) is 18.4 Å². The van der Waals surface area contributed by atoms with Gasteiger partial charge in [0.15, 0.2) is 17.3 Å². The van der Waals surface area contributed by atoms with Gasteiger partial charge in [0.2, 0.25) is 5.75 Å². The number of benzene rings is 2. The molecule has 1 aromatic heterocycles. The van der Waals surface area contributed by atoms with Crippen molar-refractivity contribution in [2.24, 2.45) is 0 Å². The fraction of sp³-hybridized carbons (Fsp3) is 0.273. The zero-order valence-electron chi connectivity index (χ0n) is 16.6. The van der Waals surface area contributed by atoms with E-state index in [0.29, 0.717) is 37.4 Å². The molecule has 0 amide bonds. The van der Waals surface area contributed by atoms with E-state index in [1.165, 1.54) is 25.3 Å². The lowest BCUT2D eigenvalue weighted by Gasteiger charge is -2.28. The molecule has 0 aliphatic carbocycles. The first-order valence-electron chi connectivity index (χ1n) is 9.58. The normalized spacial score (nSPS) is 14.3. The van der Waals surface area contributed by atoms with E-state index in [1.54, 1.807) is 12.3 Å². The summed E-state index contributed by atoms with van der Waals surface area (Å²) in [6, 6.07) is 7.99. The molecule has 0 fully saturated rings. The third-order valence-electron chi connectivity index (χ3n) is 5.22. The topological polar surface area (TPSA) is 78.7 Å². The van der Waals surface area contributed by atoms with Crippen LogP contribution in [0.1, 0.15) is 22.4 Å². The lowest BCUT2D eigenvalue weighted by molar-refractivity contribution is -0.137. The molecule has 3 aromatic rings. The van der Waals surface area contributed by atoms with Crippen LogP contribution in [0, 0.1) is 0 Å². The maximum atomic E-state index is 12.8. The first kappa shape index (κ1) is 20.9. The van der Waals surface area contributed by atoms with Crippen LogP contribution in [0.5, 0.6) is 17.2 Å². The molecule has 0 bridgehead atoms. The largest absolute Gasteiger partial charge is 0.504 e. The number of hydrogen-bond acceptors (Lipinski definition) is 6. The fourth-order valence-corrected chi connectivity index (χ4v) is 3.61. The zero-order chi connectivity index (χ0) is 22.2. The van der Waals surface area contributed by atoms with Crippen molar-refractivity contribution >= 4 is 0 Å². The number of aromatic nitrogens is 2. The van der Waals surface area contributed by atoms with E-state index in [4.69, 9.17) is 4.74 Å². The molecule has 1 aliphatic rings. The summed E-state index contributed by atoms with van der Waals surface area (Å²) in [5.41, 5.74) is 2.42. The highest BCUT2D eigenvalue weighted by molar-refractivity contribution is 5.56. The second kappa shape index (κ2) is 8.07. The van der Waals surface area contributed by atoms with Gasteiger partial charge in [-0.25, -0.2) is 9.97 Å². The van der Waals surface area contributed by atoms with Crippen molar-refractivity contribution in [3.8, 4) is 28.6 Å². The summed E-state index contributed by atoms with van der Waals surface area (Å²) in [5.74, 6) is 0.0711. The van der Waals surface area contributed by atoms with E-state index in [-0.39, 0.29) is 17.2 Å². The molecule has 0 unspecified atom stereocenters. The Labute approximate surface area is 176 Å². The van der Waals surface area contributed by atoms with Crippen molar-refractivity contribution in [1.29, 1.82) is 0 Å². The summed E-state index contributed by atoms with van der Waals surface area (Å²) in [5, 5.41) is 19.6. The number of phenols is 2. The van der Waals surface area contributed by atoms with Crippen LogP contribution < -0.4 is 4.74 Å². The Kier molecular flexibility index (Phi) is 5.45. The number of nitrogens with zero attached hydrogens (tertiary/aromatic N) is 3. The molecule has 31 heavy (non-hydrogen) atoms. The highest BCUT2D eigenvalue weighted by Gasteiger charge is 2.30. The summed E-state index contributed by atoms with van der Waals surface area (Å²) in [6.45, 7) is 1.83. The van der Waals surface area contributed by atoms with Crippen molar-refractivity contribution in [2.75, 3.05) is 13.7 Å². The zero-order valence-corrected chi connectivity index (χ0v) is 16.6. The van der Waals surface area contributed by atoms with E-state index in [1.807, 2.05) is 0 Å². The number of ether oxygens (including phenoxy) is 1. The van der Waals surface area contributed by atoms with Crippen LogP contribution in [-0.2, 0) is 25.7 Å². The number of methoxy groups -OCH3 is 1. The molecule has 0 atom stereocenters. The molecule has 0 saturated carbocycles. The Hall–Kier alpha value is -3.33. The summed E-state index contributed by atoms with van der Waals surface area (Å²) >= 11 is 0. The molecular formula is C22H20F3N3O3. The maximum absolute atomic E-state index is 12.8. The minimum atomic E-state index is -4.38. The third-order valence-corrected chi connectivity index (χ3v) is 5.22. The van der Waals surface area contributed by atoms with E-state index in [2.05, 4.69) is 14.9 Å². The average Bonchev–Trinajstić information content (AvgIpc) is 2.75. The van der Waals surface area contributed by atoms with Gasteiger partial charge in [-0.05, 0) is 29.8 Å². The number of fused-ring (bicyclic) bond motifs is 1. The predicted octanol–water partition coefficient (Wildman–Crippen LogP) is 4.14. The lowest BCUT2D eigenvalue weighted by Crippen LogP contribution is -2.31. The van der Waals surface area contributed by atoms with Crippen molar-refractivity contribution in [3.05, 3.63) is 65.0 Å². The van der Waals surface area contributed by atoms with E-state index in [9.17, 15) is 23.4 Å². The molecular weight excluding hydrogens is 411 g/mol. The van der Waals surface area contributed by atoms with Gasteiger partial charge < -0.3 is 14.9 Å². The standard InChI is InChI=1S/C22H20F3N3O3/c1-31-19-9-13(8-18(29)20(19)30)11-28-7-6-17-15(12-28)10-26-21(27-17)14-2-4-16(5-3-14)22(23,24)25/h2-5,8-10,29-30H,6-7,11-12H2,1H3. The minimum Gasteiger partial charge on any atom is -0.504 e.